The summed E-state index contributed by atoms with van der Waals surface area (Å²) < 4.78 is 12.3. The van der Waals surface area contributed by atoms with Gasteiger partial charge in [0.05, 0.1) is 6.04 Å². The van der Waals surface area contributed by atoms with Crippen LogP contribution in [0.15, 0.2) is 59.7 Å². The maximum Gasteiger partial charge on any atom is 0.344 e. The zero-order chi connectivity index (χ0) is 50.0. The van der Waals surface area contributed by atoms with Crippen molar-refractivity contribution >= 4 is 47.3 Å². The maximum absolute atomic E-state index is 14.8. The molecule has 1 saturated heterocycles. The number of ketones is 3. The van der Waals surface area contributed by atoms with Gasteiger partial charge in [-0.05, 0) is 92.1 Å². The van der Waals surface area contributed by atoms with Gasteiger partial charge in [-0.3, -0.25) is 34.1 Å². The van der Waals surface area contributed by atoms with Crippen molar-refractivity contribution in [2.75, 3.05) is 46.4 Å². The summed E-state index contributed by atoms with van der Waals surface area (Å²) in [6, 6.07) is 13.4. The Balaban J connectivity index is 1.50. The van der Waals surface area contributed by atoms with Gasteiger partial charge in [0.2, 0.25) is 17.7 Å². The van der Waals surface area contributed by atoms with Crippen LogP contribution >= 0.6 is 0 Å². The van der Waals surface area contributed by atoms with E-state index in [9.17, 15) is 33.6 Å². The molecule has 1 fully saturated rings. The fraction of sp³-hybridized carbons (Fsp3) is 0.500. The Kier molecular flexibility index (Phi) is 20.6. The van der Waals surface area contributed by atoms with Gasteiger partial charge in [0.1, 0.15) is 37.3 Å². The van der Waals surface area contributed by atoms with E-state index >= 15 is 0 Å². The zero-order valence-corrected chi connectivity index (χ0v) is 40.6. The normalized spacial score (nSPS) is 17.8. The molecule has 5 amide bonds. The molecular weight excluding hydrogens is 881 g/mol. The van der Waals surface area contributed by atoms with Crippen LogP contribution in [-0.2, 0) is 36.8 Å². The highest BCUT2D eigenvalue weighted by molar-refractivity contribution is 6.02. The van der Waals surface area contributed by atoms with Gasteiger partial charge in [0.25, 0.3) is 0 Å². The summed E-state index contributed by atoms with van der Waals surface area (Å²) in [5.74, 6) is -3.46. The number of likely N-dealkylation sites (N-methyl/N-ethyl adjacent to an activating group) is 1. The number of nitrogens with zero attached hydrogens (tertiary/aromatic N) is 3. The molecule has 0 aliphatic carbocycles. The smallest absolute Gasteiger partial charge is 0.344 e. The standard InChI is InChI=1S/C52H70N8O9/c1-5-6-7-8-9-11-35-13-16-39(33(2)26-35)44(62)31-38(19-20-53)51(66)59(4)49-37-15-18-47(69-25-22-55)41(30-37)40-28-36(14-17-46(40)68-24-21-54)29-42(57-50(65)34(3)27-45(49)63)43(61)12-10-23-56-60-32-48(64)58-52(60)67/h13-18,23,26,28,30,34,38,42,49H,5-12,19-22,24-25,27,29,31-32,53-55H2,1-4H3,(H,57,65)(H,58,64,67)/b56-23+/t34-,38-,42+,49+/m1/s1. The van der Waals surface area contributed by atoms with Crippen molar-refractivity contribution in [2.24, 2.45) is 34.1 Å². The molecule has 5 rings (SSSR count). The van der Waals surface area contributed by atoms with Gasteiger partial charge in [-0.25, -0.2) is 9.80 Å². The van der Waals surface area contributed by atoms with E-state index in [4.69, 9.17) is 26.7 Å². The SMILES string of the molecule is CCCCCCCc1ccc(C(=O)C[C@@H](CCN)C(=O)N(C)[C@@H]2C(=O)C[C@@H](C)C(=O)N[C@H](C(=O)CC/C=N/N3CC(=O)NC3=O)Cc3ccc(OCCN)c(c3)-c3cc2ccc3OCCN)c(C)c1. The van der Waals surface area contributed by atoms with E-state index in [1.54, 1.807) is 37.3 Å². The second-order valence-corrected chi connectivity index (χ2v) is 18.0. The summed E-state index contributed by atoms with van der Waals surface area (Å²) in [6.07, 6.45) is 7.95. The number of urea groups is 1. The Morgan fingerprint density at radius 2 is 1.58 bits per heavy atom. The third kappa shape index (κ3) is 14.8. The molecule has 372 valence electrons. The highest BCUT2D eigenvalue weighted by atomic mass is 16.5. The molecular formula is C52H70N8O9. The molecule has 69 heavy (non-hydrogen) atoms. The van der Waals surface area contributed by atoms with Crippen LogP contribution in [0.1, 0.15) is 117 Å². The maximum atomic E-state index is 14.8. The molecule has 3 aromatic rings. The lowest BCUT2D eigenvalue weighted by Crippen LogP contribution is -2.46. The van der Waals surface area contributed by atoms with Gasteiger partial charge >= 0.3 is 6.03 Å². The average Bonchev–Trinajstić information content (AvgIpc) is 3.66. The highest BCUT2D eigenvalue weighted by Gasteiger charge is 2.36. The zero-order valence-electron chi connectivity index (χ0n) is 40.6. The van der Waals surface area contributed by atoms with Crippen LogP contribution < -0.4 is 37.3 Å². The Morgan fingerprint density at radius 3 is 2.23 bits per heavy atom. The molecule has 2 heterocycles. The number of rotatable bonds is 24. The van der Waals surface area contributed by atoms with Crippen molar-refractivity contribution in [1.29, 1.82) is 0 Å². The summed E-state index contributed by atoms with van der Waals surface area (Å²) in [6.45, 7) is 6.29. The van der Waals surface area contributed by atoms with E-state index in [2.05, 4.69) is 22.7 Å². The Morgan fingerprint density at radius 1 is 0.884 bits per heavy atom. The van der Waals surface area contributed by atoms with Gasteiger partial charge < -0.3 is 36.9 Å². The predicted octanol–water partition coefficient (Wildman–Crippen LogP) is 5.11. The number of amides is 5. The Labute approximate surface area is 405 Å². The number of hydrazone groups is 1. The molecule has 0 unspecified atom stereocenters. The van der Waals surface area contributed by atoms with Gasteiger partial charge in [0.15, 0.2) is 17.3 Å². The quantitative estimate of drug-likeness (QED) is 0.0340. The van der Waals surface area contributed by atoms with Crippen LogP contribution in [0.3, 0.4) is 0 Å². The van der Waals surface area contributed by atoms with Crippen molar-refractivity contribution < 1.29 is 43.0 Å². The summed E-state index contributed by atoms with van der Waals surface area (Å²) in [5, 5.41) is 9.99. The molecule has 4 bridgehead atoms. The van der Waals surface area contributed by atoms with Gasteiger partial charge in [-0.15, -0.1) is 0 Å². The van der Waals surface area contributed by atoms with Gasteiger partial charge in [0, 0.05) is 74.1 Å². The van der Waals surface area contributed by atoms with Gasteiger partial charge in [-0.2, -0.15) is 5.10 Å². The fourth-order valence-electron chi connectivity index (χ4n) is 8.81. The number of unbranched alkanes of at least 4 members (excludes halogenated alkanes) is 4. The highest BCUT2D eigenvalue weighted by Crippen LogP contribution is 2.41. The number of aryl methyl sites for hydroxylation is 2. The van der Waals surface area contributed by atoms with Crippen LogP contribution in [0.2, 0.25) is 0 Å². The monoisotopic (exact) mass is 951 g/mol. The molecule has 17 heteroatoms. The number of carbonyl (C=O) groups excluding carboxylic acids is 7. The molecule has 0 radical (unpaired) electrons. The lowest BCUT2D eigenvalue weighted by molar-refractivity contribution is -0.142. The number of imide groups is 1. The summed E-state index contributed by atoms with van der Waals surface area (Å²) >= 11 is 0. The second kappa shape index (κ2) is 26.5. The van der Waals surface area contributed by atoms with E-state index < -0.39 is 53.5 Å². The van der Waals surface area contributed by atoms with Crippen LogP contribution in [0.5, 0.6) is 11.5 Å². The number of Topliss-reactive ketones (excluding diaryl/α,β-unsaturated/α-hetero) is 3. The number of ether oxygens (including phenoxy) is 2. The molecule has 0 spiro atoms. The minimum atomic E-state index is -1.23. The third-order valence-electron chi connectivity index (χ3n) is 12.5. The molecule has 0 aromatic heterocycles. The number of fused-ring (bicyclic) bond motifs is 5. The minimum Gasteiger partial charge on any atom is -0.492 e. The molecule has 17 nitrogen and oxygen atoms in total. The number of nitrogens with one attached hydrogen (secondary N) is 2. The third-order valence-corrected chi connectivity index (χ3v) is 12.5. The first kappa shape index (κ1) is 53.7. The Bertz CT molecular complexity index is 2350. The largest absolute Gasteiger partial charge is 0.492 e. The van der Waals surface area contributed by atoms with Crippen molar-refractivity contribution in [3.63, 3.8) is 0 Å². The fourth-order valence-corrected chi connectivity index (χ4v) is 8.81. The van der Waals surface area contributed by atoms with Crippen molar-refractivity contribution in [3.05, 3.63) is 82.4 Å². The van der Waals surface area contributed by atoms with Gasteiger partial charge in [-0.1, -0.05) is 69.9 Å². The Hall–Kier alpha value is -6.30. The first-order valence-corrected chi connectivity index (χ1v) is 24.2. The number of carbonyl (C=O) groups is 7. The first-order valence-electron chi connectivity index (χ1n) is 24.2. The number of hydrogen-bond acceptors (Lipinski definition) is 13. The topological polar surface area (TPSA) is 259 Å². The van der Waals surface area contributed by atoms with Crippen molar-refractivity contribution in [3.8, 4) is 22.6 Å². The summed E-state index contributed by atoms with van der Waals surface area (Å²) in [7, 11) is 1.52. The number of nitrogens with two attached hydrogens (primary N) is 3. The summed E-state index contributed by atoms with van der Waals surface area (Å²) in [4.78, 5) is 96.5. The van der Waals surface area contributed by atoms with E-state index in [-0.39, 0.29) is 89.5 Å². The van der Waals surface area contributed by atoms with Crippen LogP contribution in [0.4, 0.5) is 4.79 Å². The first-order chi connectivity index (χ1) is 33.2. The summed E-state index contributed by atoms with van der Waals surface area (Å²) in [5.41, 5.74) is 22.5. The number of hydrogen-bond donors (Lipinski definition) is 5. The van der Waals surface area contributed by atoms with E-state index in [0.29, 0.717) is 39.3 Å². The van der Waals surface area contributed by atoms with E-state index in [1.807, 2.05) is 31.2 Å². The lowest BCUT2D eigenvalue weighted by atomic mass is 9.87. The molecule has 0 saturated carbocycles. The van der Waals surface area contributed by atoms with Crippen LogP contribution in [0.25, 0.3) is 11.1 Å². The molecule has 2 aliphatic heterocycles. The molecule has 3 aromatic carbocycles. The van der Waals surface area contributed by atoms with Crippen molar-refractivity contribution in [1.82, 2.24) is 20.5 Å². The van der Waals surface area contributed by atoms with Crippen LogP contribution in [0, 0.1) is 18.8 Å². The second-order valence-electron chi connectivity index (χ2n) is 18.0. The van der Waals surface area contributed by atoms with Crippen molar-refractivity contribution in [2.45, 2.75) is 110 Å². The molecule has 2 aliphatic rings. The van der Waals surface area contributed by atoms with E-state index in [1.165, 1.54) is 37.4 Å². The lowest BCUT2D eigenvalue weighted by Gasteiger charge is -2.32. The average molecular weight is 951 g/mol. The molecule has 8 N–H and O–H groups in total. The number of benzene rings is 3. The minimum absolute atomic E-state index is 0.0676. The van der Waals surface area contributed by atoms with Crippen LogP contribution in [-0.4, -0.2) is 110 Å². The molecule has 4 atom stereocenters. The van der Waals surface area contributed by atoms with E-state index in [0.717, 1.165) is 35.4 Å². The predicted molar refractivity (Wildman–Crippen MR) is 264 cm³/mol.